The number of anilines is 2. The molecular weight excluding hydrogens is 230 g/mol. The van der Waals surface area contributed by atoms with Crippen LogP contribution in [-0.2, 0) is 0 Å². The summed E-state index contributed by atoms with van der Waals surface area (Å²) in [5.74, 6) is 0.842. The van der Waals surface area contributed by atoms with Gasteiger partial charge in [-0.3, -0.25) is 9.89 Å². The van der Waals surface area contributed by atoms with Crippen LogP contribution in [0.25, 0.3) is 5.78 Å². The van der Waals surface area contributed by atoms with Gasteiger partial charge in [-0.25, -0.2) is 4.98 Å². The van der Waals surface area contributed by atoms with Gasteiger partial charge >= 0.3 is 0 Å². The molecule has 6 heteroatoms. The highest BCUT2D eigenvalue weighted by Gasteiger charge is 2.06. The molecule has 0 fully saturated rings. The van der Waals surface area contributed by atoms with Gasteiger partial charge in [-0.2, -0.15) is 9.50 Å². The number of nitrogens with zero attached hydrogens (tertiary/aromatic N) is 3. The number of nitrogens with one attached hydrogen (secondary N) is 2. The molecule has 0 atom stereocenters. The summed E-state index contributed by atoms with van der Waals surface area (Å²) in [6.07, 6.45) is 0. The van der Waals surface area contributed by atoms with Crippen LogP contribution in [0.3, 0.4) is 0 Å². The van der Waals surface area contributed by atoms with Crippen LogP contribution in [0.2, 0.25) is 0 Å². The largest absolute Gasteiger partial charge is 0.325 e. The zero-order valence-corrected chi connectivity index (χ0v) is 9.71. The number of fused-ring (bicyclic) bond motifs is 1. The lowest BCUT2D eigenvalue weighted by molar-refractivity contribution is 0.892. The Hall–Kier alpha value is -2.63. The Morgan fingerprint density at radius 2 is 2.00 bits per heavy atom. The van der Waals surface area contributed by atoms with Crippen molar-refractivity contribution in [2.24, 2.45) is 0 Å². The van der Waals surface area contributed by atoms with Crippen LogP contribution in [0.4, 0.5) is 11.6 Å². The number of H-pyrrole nitrogens is 1. The quantitative estimate of drug-likeness (QED) is 0.712. The summed E-state index contributed by atoms with van der Waals surface area (Å²) < 4.78 is 1.30. The van der Waals surface area contributed by atoms with Crippen molar-refractivity contribution in [3.63, 3.8) is 0 Å². The molecule has 0 aliphatic heterocycles. The zero-order valence-electron chi connectivity index (χ0n) is 9.71. The topological polar surface area (TPSA) is 75.1 Å². The van der Waals surface area contributed by atoms with E-state index in [1.165, 1.54) is 10.6 Å². The summed E-state index contributed by atoms with van der Waals surface area (Å²) in [5, 5.41) is 5.93. The van der Waals surface area contributed by atoms with Gasteiger partial charge in [-0.1, -0.05) is 18.2 Å². The van der Waals surface area contributed by atoms with E-state index >= 15 is 0 Å². The first-order valence-corrected chi connectivity index (χ1v) is 5.51. The van der Waals surface area contributed by atoms with E-state index in [1.54, 1.807) is 6.92 Å². The lowest BCUT2D eigenvalue weighted by atomic mass is 10.3. The molecule has 3 aromatic rings. The maximum atomic E-state index is 11.7. The van der Waals surface area contributed by atoms with Crippen LogP contribution in [0.5, 0.6) is 0 Å². The minimum absolute atomic E-state index is 0.175. The summed E-state index contributed by atoms with van der Waals surface area (Å²) in [4.78, 5) is 20.1. The Bertz CT molecular complexity index is 744. The monoisotopic (exact) mass is 241 g/mol. The summed E-state index contributed by atoms with van der Waals surface area (Å²) in [5.41, 5.74) is 1.37. The molecule has 0 unspecified atom stereocenters. The molecule has 2 N–H and O–H groups in total. The van der Waals surface area contributed by atoms with E-state index in [2.05, 4.69) is 20.4 Å². The van der Waals surface area contributed by atoms with Crippen LogP contribution in [-0.4, -0.2) is 19.6 Å². The number of aromatic amines is 1. The molecule has 2 aromatic heterocycles. The number of aromatic nitrogens is 4. The molecule has 1 aromatic carbocycles. The first-order chi connectivity index (χ1) is 8.72. The van der Waals surface area contributed by atoms with Crippen molar-refractivity contribution in [3.8, 4) is 0 Å². The van der Waals surface area contributed by atoms with E-state index in [0.29, 0.717) is 17.4 Å². The molecule has 0 saturated carbocycles. The fourth-order valence-electron chi connectivity index (χ4n) is 1.71. The lowest BCUT2D eigenvalue weighted by Gasteiger charge is -1.99. The highest BCUT2D eigenvalue weighted by atomic mass is 16.1. The average Bonchev–Trinajstić information content (AvgIpc) is 2.73. The maximum Gasteiger partial charge on any atom is 0.274 e. The molecule has 90 valence electrons. The summed E-state index contributed by atoms with van der Waals surface area (Å²) in [6.45, 7) is 1.76. The average molecular weight is 241 g/mol. The summed E-state index contributed by atoms with van der Waals surface area (Å²) >= 11 is 0. The molecule has 0 aliphatic carbocycles. The number of benzene rings is 1. The molecule has 0 bridgehead atoms. The second-order valence-corrected chi connectivity index (χ2v) is 3.93. The Morgan fingerprint density at radius 1 is 1.22 bits per heavy atom. The van der Waals surface area contributed by atoms with Crippen molar-refractivity contribution < 1.29 is 0 Å². The summed E-state index contributed by atoms with van der Waals surface area (Å²) in [7, 11) is 0. The fraction of sp³-hybridized carbons (Fsp3) is 0.0833. The third-order valence-corrected chi connectivity index (χ3v) is 2.50. The van der Waals surface area contributed by atoms with E-state index in [-0.39, 0.29) is 5.56 Å². The van der Waals surface area contributed by atoms with Gasteiger partial charge in [0.05, 0.1) is 0 Å². The Morgan fingerprint density at radius 3 is 2.78 bits per heavy atom. The van der Waals surface area contributed by atoms with Crippen molar-refractivity contribution >= 4 is 17.4 Å². The van der Waals surface area contributed by atoms with Crippen molar-refractivity contribution in [2.75, 3.05) is 5.32 Å². The number of para-hydroxylation sites is 1. The van der Waals surface area contributed by atoms with E-state index in [4.69, 9.17) is 0 Å². The second-order valence-electron chi connectivity index (χ2n) is 3.93. The minimum Gasteiger partial charge on any atom is -0.325 e. The SMILES string of the molecule is Cc1cc(=O)n2[nH]c(Nc3ccccc3)nc2n1. The number of aryl methyl sites for hydroxylation is 1. The minimum atomic E-state index is -0.175. The second kappa shape index (κ2) is 3.99. The van der Waals surface area contributed by atoms with Crippen LogP contribution in [0, 0.1) is 6.92 Å². The Labute approximate surface area is 102 Å². The van der Waals surface area contributed by atoms with Gasteiger partial charge in [-0.05, 0) is 19.1 Å². The molecule has 2 heterocycles. The van der Waals surface area contributed by atoms with E-state index in [0.717, 1.165) is 5.69 Å². The van der Waals surface area contributed by atoms with Gasteiger partial charge in [0.25, 0.3) is 11.3 Å². The van der Waals surface area contributed by atoms with Crippen LogP contribution in [0.1, 0.15) is 5.69 Å². The third-order valence-electron chi connectivity index (χ3n) is 2.50. The first kappa shape index (κ1) is 10.5. The molecular formula is C12H11N5O. The van der Waals surface area contributed by atoms with Gasteiger partial charge in [-0.15, -0.1) is 0 Å². The number of rotatable bonds is 2. The van der Waals surface area contributed by atoms with Crippen molar-refractivity contribution in [1.82, 2.24) is 19.6 Å². The fourth-order valence-corrected chi connectivity index (χ4v) is 1.71. The molecule has 0 aliphatic rings. The Balaban J connectivity index is 2.04. The van der Waals surface area contributed by atoms with E-state index < -0.39 is 0 Å². The normalized spacial score (nSPS) is 10.7. The summed E-state index contributed by atoms with van der Waals surface area (Å²) in [6, 6.07) is 11.0. The van der Waals surface area contributed by atoms with Crippen LogP contribution >= 0.6 is 0 Å². The highest BCUT2D eigenvalue weighted by Crippen LogP contribution is 2.11. The highest BCUT2D eigenvalue weighted by molar-refractivity contribution is 5.54. The van der Waals surface area contributed by atoms with Crippen molar-refractivity contribution in [2.45, 2.75) is 6.92 Å². The molecule has 0 amide bonds. The van der Waals surface area contributed by atoms with Gasteiger partial charge in [0.2, 0.25) is 5.95 Å². The smallest absolute Gasteiger partial charge is 0.274 e. The molecule has 0 radical (unpaired) electrons. The molecule has 0 spiro atoms. The predicted molar refractivity (Wildman–Crippen MR) is 68.1 cm³/mol. The molecule has 0 saturated heterocycles. The zero-order chi connectivity index (χ0) is 12.5. The number of hydrogen-bond donors (Lipinski definition) is 2. The van der Waals surface area contributed by atoms with Crippen molar-refractivity contribution in [1.29, 1.82) is 0 Å². The molecule has 3 rings (SSSR count). The lowest BCUT2D eigenvalue weighted by Crippen LogP contribution is -2.14. The Kier molecular flexibility index (Phi) is 2.33. The molecule has 18 heavy (non-hydrogen) atoms. The van der Waals surface area contributed by atoms with Gasteiger partial charge in [0.15, 0.2) is 0 Å². The first-order valence-electron chi connectivity index (χ1n) is 5.51. The molecule has 6 nitrogen and oxygen atoms in total. The maximum absolute atomic E-state index is 11.7. The predicted octanol–water partition coefficient (Wildman–Crippen LogP) is 1.47. The van der Waals surface area contributed by atoms with Gasteiger partial charge < -0.3 is 5.32 Å². The van der Waals surface area contributed by atoms with E-state index in [9.17, 15) is 4.79 Å². The van der Waals surface area contributed by atoms with Crippen LogP contribution in [0.15, 0.2) is 41.2 Å². The van der Waals surface area contributed by atoms with Crippen LogP contribution < -0.4 is 10.9 Å². The van der Waals surface area contributed by atoms with Crippen molar-refractivity contribution in [3.05, 3.63) is 52.4 Å². The number of hydrogen-bond acceptors (Lipinski definition) is 4. The van der Waals surface area contributed by atoms with Gasteiger partial charge in [0.1, 0.15) is 0 Å². The third kappa shape index (κ3) is 1.84. The van der Waals surface area contributed by atoms with Gasteiger partial charge in [0, 0.05) is 17.4 Å². The standard InChI is InChI=1S/C12H11N5O/c1-8-7-10(18)17-12(13-8)15-11(16-17)14-9-5-3-2-4-6-9/h2-7H,1H3,(H2,13,14,15,16). The van der Waals surface area contributed by atoms with E-state index in [1.807, 2.05) is 30.3 Å².